The highest BCUT2D eigenvalue weighted by atomic mass is 16.3. The molecule has 3 heteroatoms. The van der Waals surface area contributed by atoms with Gasteiger partial charge in [0.2, 0.25) is 0 Å². The Labute approximate surface area is 335 Å². The molecule has 0 aliphatic heterocycles. The van der Waals surface area contributed by atoms with E-state index in [-0.39, 0.29) is 0 Å². The summed E-state index contributed by atoms with van der Waals surface area (Å²) in [6.07, 6.45) is 0. The number of fused-ring (bicyclic) bond motifs is 9. The molecule has 0 fully saturated rings. The molecular formula is C55H35NO2. The van der Waals surface area contributed by atoms with Gasteiger partial charge in [-0.3, -0.25) is 0 Å². The van der Waals surface area contributed by atoms with Crippen molar-refractivity contribution in [3.8, 4) is 22.3 Å². The van der Waals surface area contributed by atoms with Crippen molar-refractivity contribution >= 4 is 60.9 Å². The third-order valence-corrected chi connectivity index (χ3v) is 12.2. The molecule has 0 atom stereocenters. The van der Waals surface area contributed by atoms with E-state index in [0.717, 1.165) is 72.1 Å². The van der Waals surface area contributed by atoms with Gasteiger partial charge in [-0.2, -0.15) is 0 Å². The van der Waals surface area contributed by atoms with E-state index < -0.39 is 5.41 Å². The minimum absolute atomic E-state index is 0.535. The quantitative estimate of drug-likeness (QED) is 0.170. The maximum absolute atomic E-state index is 6.43. The molecule has 1 aliphatic rings. The fourth-order valence-corrected chi connectivity index (χ4v) is 9.66. The SMILES string of the molecule is c1ccc(C2(c3ccccc3)c3ccccc3-c3ccc(N(c4ccc5oc6ccccc6c5c4)c4ccccc4-c4ccc5c(c4)oc4ccccc45)cc32)cc1. The lowest BCUT2D eigenvalue weighted by atomic mass is 9.67. The third kappa shape index (κ3) is 4.74. The Balaban J connectivity index is 1.13. The number of hydrogen-bond donors (Lipinski definition) is 0. The van der Waals surface area contributed by atoms with Crippen LogP contribution in [0, 0.1) is 0 Å². The molecule has 1 aliphatic carbocycles. The van der Waals surface area contributed by atoms with Gasteiger partial charge in [0.1, 0.15) is 22.3 Å². The zero-order valence-corrected chi connectivity index (χ0v) is 31.5. The van der Waals surface area contributed by atoms with Gasteiger partial charge >= 0.3 is 0 Å². The molecule has 9 aromatic carbocycles. The Kier molecular flexibility index (Phi) is 7.14. The van der Waals surface area contributed by atoms with Crippen LogP contribution in [0.25, 0.3) is 66.1 Å². The summed E-state index contributed by atoms with van der Waals surface area (Å²) < 4.78 is 12.8. The lowest BCUT2D eigenvalue weighted by molar-refractivity contribution is 0.668. The first kappa shape index (κ1) is 32.6. The molecule has 0 spiro atoms. The highest BCUT2D eigenvalue weighted by molar-refractivity contribution is 6.08. The van der Waals surface area contributed by atoms with Gasteiger partial charge in [-0.1, -0.05) is 152 Å². The molecule has 58 heavy (non-hydrogen) atoms. The lowest BCUT2D eigenvalue weighted by Gasteiger charge is -2.35. The summed E-state index contributed by atoms with van der Waals surface area (Å²) in [4.78, 5) is 2.42. The minimum Gasteiger partial charge on any atom is -0.456 e. The van der Waals surface area contributed by atoms with E-state index in [1.165, 1.54) is 33.4 Å². The van der Waals surface area contributed by atoms with Crippen molar-refractivity contribution in [2.75, 3.05) is 4.90 Å². The second-order valence-corrected chi connectivity index (χ2v) is 15.2. The zero-order chi connectivity index (χ0) is 38.2. The summed E-state index contributed by atoms with van der Waals surface area (Å²) in [6.45, 7) is 0. The molecule has 272 valence electrons. The van der Waals surface area contributed by atoms with Gasteiger partial charge in [0, 0.05) is 38.5 Å². The van der Waals surface area contributed by atoms with Crippen LogP contribution in [0.3, 0.4) is 0 Å². The Bertz CT molecular complexity index is 3320. The first-order chi connectivity index (χ1) is 28.8. The average molecular weight is 742 g/mol. The maximum Gasteiger partial charge on any atom is 0.136 e. The van der Waals surface area contributed by atoms with E-state index >= 15 is 0 Å². The standard InChI is InChI=1S/C55H35NO2/c1-3-15-37(16-4-1)55(38-17-5-2-6-18-38)48-23-11-7-20-42(48)43-31-28-40(35-49(43)55)56(39-29-32-53-47(34-39)45-22-10-14-26-52(45)57-53)50-24-12-8-19-41(50)36-27-30-46-44-21-9-13-25-51(44)58-54(46)33-36/h1-35H. The Morgan fingerprint density at radius 3 is 1.62 bits per heavy atom. The molecule has 0 N–H and O–H groups in total. The molecule has 0 amide bonds. The molecule has 2 aromatic heterocycles. The molecule has 0 bridgehead atoms. The number of anilines is 3. The largest absolute Gasteiger partial charge is 0.456 e. The van der Waals surface area contributed by atoms with Crippen LogP contribution in [0.1, 0.15) is 22.3 Å². The summed E-state index contributed by atoms with van der Waals surface area (Å²) in [5.41, 5.74) is 15.8. The van der Waals surface area contributed by atoms with E-state index in [1.54, 1.807) is 0 Å². The lowest BCUT2D eigenvalue weighted by Crippen LogP contribution is -2.28. The van der Waals surface area contributed by atoms with Crippen molar-refractivity contribution in [1.29, 1.82) is 0 Å². The van der Waals surface area contributed by atoms with Gasteiger partial charge in [0.15, 0.2) is 0 Å². The summed E-state index contributed by atoms with van der Waals surface area (Å²) in [5, 5.41) is 4.41. The molecule has 0 unspecified atom stereocenters. The van der Waals surface area contributed by atoms with Gasteiger partial charge in [0.05, 0.1) is 11.1 Å². The zero-order valence-electron chi connectivity index (χ0n) is 31.5. The first-order valence-electron chi connectivity index (χ1n) is 19.8. The van der Waals surface area contributed by atoms with Gasteiger partial charge < -0.3 is 13.7 Å². The Morgan fingerprint density at radius 1 is 0.328 bits per heavy atom. The van der Waals surface area contributed by atoms with Crippen LogP contribution in [0.2, 0.25) is 0 Å². The average Bonchev–Trinajstić information content (AvgIpc) is 3.95. The van der Waals surface area contributed by atoms with E-state index in [2.05, 4.69) is 193 Å². The topological polar surface area (TPSA) is 29.5 Å². The molecule has 2 heterocycles. The highest BCUT2D eigenvalue weighted by Gasteiger charge is 2.46. The molecule has 0 radical (unpaired) electrons. The van der Waals surface area contributed by atoms with Gasteiger partial charge in [0.25, 0.3) is 0 Å². The molecular weight excluding hydrogens is 707 g/mol. The summed E-state index contributed by atoms with van der Waals surface area (Å²) in [5.74, 6) is 0. The van der Waals surface area contributed by atoms with Gasteiger partial charge in [-0.25, -0.2) is 0 Å². The first-order valence-corrected chi connectivity index (χ1v) is 19.8. The third-order valence-electron chi connectivity index (χ3n) is 12.2. The fraction of sp³-hybridized carbons (Fsp3) is 0.0182. The summed E-state index contributed by atoms with van der Waals surface area (Å²) in [6, 6.07) is 76.5. The second-order valence-electron chi connectivity index (χ2n) is 15.2. The van der Waals surface area contributed by atoms with Crippen LogP contribution in [0.5, 0.6) is 0 Å². The van der Waals surface area contributed by atoms with Crippen molar-refractivity contribution in [3.63, 3.8) is 0 Å². The second kappa shape index (κ2) is 12.7. The molecule has 0 saturated heterocycles. The number of para-hydroxylation sites is 3. The van der Waals surface area contributed by atoms with Crippen LogP contribution in [0.15, 0.2) is 221 Å². The van der Waals surface area contributed by atoms with Gasteiger partial charge in [-0.05, 0) is 99.6 Å². The molecule has 12 rings (SSSR count). The minimum atomic E-state index is -0.535. The smallest absolute Gasteiger partial charge is 0.136 e. The van der Waals surface area contributed by atoms with Crippen molar-refractivity contribution in [1.82, 2.24) is 0 Å². The van der Waals surface area contributed by atoms with E-state index in [4.69, 9.17) is 8.83 Å². The molecule has 3 nitrogen and oxygen atoms in total. The van der Waals surface area contributed by atoms with Crippen LogP contribution in [0.4, 0.5) is 17.1 Å². The number of benzene rings is 9. The van der Waals surface area contributed by atoms with E-state index in [1.807, 2.05) is 24.3 Å². The monoisotopic (exact) mass is 741 g/mol. The Hall–Kier alpha value is -7.62. The van der Waals surface area contributed by atoms with Crippen molar-refractivity contribution in [2.45, 2.75) is 5.41 Å². The van der Waals surface area contributed by atoms with Crippen LogP contribution >= 0.6 is 0 Å². The molecule has 11 aromatic rings. The van der Waals surface area contributed by atoms with Crippen molar-refractivity contribution in [3.05, 3.63) is 235 Å². The van der Waals surface area contributed by atoms with E-state index in [9.17, 15) is 0 Å². The number of furan rings is 2. The van der Waals surface area contributed by atoms with Gasteiger partial charge in [-0.15, -0.1) is 0 Å². The normalized spacial score (nSPS) is 13.0. The number of hydrogen-bond acceptors (Lipinski definition) is 3. The predicted octanol–water partition coefficient (Wildman–Crippen LogP) is 15.0. The van der Waals surface area contributed by atoms with Crippen molar-refractivity contribution in [2.24, 2.45) is 0 Å². The highest BCUT2D eigenvalue weighted by Crippen LogP contribution is 2.57. The predicted molar refractivity (Wildman–Crippen MR) is 238 cm³/mol. The molecule has 0 saturated carbocycles. The summed E-state index contributed by atoms with van der Waals surface area (Å²) >= 11 is 0. The number of rotatable bonds is 6. The summed E-state index contributed by atoms with van der Waals surface area (Å²) in [7, 11) is 0. The van der Waals surface area contributed by atoms with Crippen LogP contribution in [-0.2, 0) is 5.41 Å². The number of nitrogens with zero attached hydrogens (tertiary/aromatic N) is 1. The Morgan fingerprint density at radius 2 is 0.862 bits per heavy atom. The van der Waals surface area contributed by atoms with Crippen molar-refractivity contribution < 1.29 is 8.83 Å². The van der Waals surface area contributed by atoms with Crippen LogP contribution in [-0.4, -0.2) is 0 Å². The van der Waals surface area contributed by atoms with E-state index in [0.29, 0.717) is 0 Å². The fourth-order valence-electron chi connectivity index (χ4n) is 9.66. The van der Waals surface area contributed by atoms with Crippen LogP contribution < -0.4 is 4.90 Å². The maximum atomic E-state index is 6.43.